The van der Waals surface area contributed by atoms with Crippen LogP contribution < -0.4 is 0 Å². The third-order valence-corrected chi connectivity index (χ3v) is 3.72. The maximum absolute atomic E-state index is 4.09. The van der Waals surface area contributed by atoms with Crippen LogP contribution in [0.5, 0.6) is 0 Å². The summed E-state index contributed by atoms with van der Waals surface area (Å²) in [6, 6.07) is 2.51. The van der Waals surface area contributed by atoms with Gasteiger partial charge in [0.2, 0.25) is 0 Å². The Bertz CT molecular complexity index is 424. The third-order valence-electron chi connectivity index (χ3n) is 2.99. The molecule has 0 saturated carbocycles. The highest BCUT2D eigenvalue weighted by Crippen LogP contribution is 2.30. The number of nitrogens with one attached hydrogen (secondary N) is 1. The first-order chi connectivity index (χ1) is 7.93. The Balaban J connectivity index is 1.75. The van der Waals surface area contributed by atoms with Gasteiger partial charge in [-0.1, -0.05) is 5.21 Å². The Kier molecular flexibility index (Phi) is 2.67. The minimum Gasteiger partial charge on any atom is -0.289 e. The number of aromatic amines is 1. The van der Waals surface area contributed by atoms with Gasteiger partial charge in [0, 0.05) is 6.54 Å². The van der Waals surface area contributed by atoms with E-state index in [-0.39, 0.29) is 0 Å². The van der Waals surface area contributed by atoms with Gasteiger partial charge in [-0.05, 0) is 41.8 Å². The Hall–Kier alpha value is -1.27. The Morgan fingerprint density at radius 3 is 3.31 bits per heavy atom. The van der Waals surface area contributed by atoms with Crippen LogP contribution in [0.25, 0.3) is 0 Å². The van der Waals surface area contributed by atoms with Crippen LogP contribution in [-0.4, -0.2) is 32.1 Å². The standard InChI is InChI=1S/C10H13N5S/c1-2-9(10-11-13-14-12-10)15(4-1)6-8-3-5-16-7-8/h3,5,7,9H,1-2,4,6H2,(H,11,12,13,14). The van der Waals surface area contributed by atoms with E-state index in [0.29, 0.717) is 6.04 Å². The Labute approximate surface area is 97.5 Å². The lowest BCUT2D eigenvalue weighted by molar-refractivity contribution is 0.240. The van der Waals surface area contributed by atoms with Gasteiger partial charge >= 0.3 is 0 Å². The highest BCUT2D eigenvalue weighted by molar-refractivity contribution is 7.07. The van der Waals surface area contributed by atoms with E-state index in [4.69, 9.17) is 0 Å². The van der Waals surface area contributed by atoms with Crippen LogP contribution in [0.4, 0.5) is 0 Å². The molecule has 1 fully saturated rings. The molecule has 1 saturated heterocycles. The first-order valence-electron chi connectivity index (χ1n) is 5.42. The molecular weight excluding hydrogens is 222 g/mol. The molecular formula is C10H13N5S. The fraction of sp³-hybridized carbons (Fsp3) is 0.500. The van der Waals surface area contributed by atoms with Crippen molar-refractivity contribution in [1.82, 2.24) is 25.5 Å². The number of rotatable bonds is 3. The van der Waals surface area contributed by atoms with Crippen molar-refractivity contribution in [2.75, 3.05) is 6.54 Å². The molecule has 6 heteroatoms. The van der Waals surface area contributed by atoms with Crippen molar-refractivity contribution in [2.24, 2.45) is 0 Å². The maximum Gasteiger partial charge on any atom is 0.191 e. The van der Waals surface area contributed by atoms with E-state index in [1.807, 2.05) is 0 Å². The number of hydrogen-bond donors (Lipinski definition) is 1. The first-order valence-corrected chi connectivity index (χ1v) is 6.36. The van der Waals surface area contributed by atoms with Crippen LogP contribution in [0.15, 0.2) is 16.8 Å². The van der Waals surface area contributed by atoms with Gasteiger partial charge in [0.05, 0.1) is 6.04 Å². The van der Waals surface area contributed by atoms with Gasteiger partial charge in [-0.15, -0.1) is 10.2 Å². The highest BCUT2D eigenvalue weighted by Gasteiger charge is 2.28. The molecule has 1 aliphatic rings. The Morgan fingerprint density at radius 1 is 1.56 bits per heavy atom. The monoisotopic (exact) mass is 235 g/mol. The van der Waals surface area contributed by atoms with Crippen molar-refractivity contribution in [1.29, 1.82) is 0 Å². The van der Waals surface area contributed by atoms with Crippen LogP contribution in [-0.2, 0) is 6.54 Å². The van der Waals surface area contributed by atoms with E-state index >= 15 is 0 Å². The summed E-state index contributed by atoms with van der Waals surface area (Å²) in [6.07, 6.45) is 2.34. The summed E-state index contributed by atoms with van der Waals surface area (Å²) < 4.78 is 0. The zero-order valence-corrected chi connectivity index (χ0v) is 9.65. The Morgan fingerprint density at radius 2 is 2.56 bits per heavy atom. The minimum atomic E-state index is 0.332. The van der Waals surface area contributed by atoms with E-state index in [1.165, 1.54) is 12.0 Å². The van der Waals surface area contributed by atoms with Gasteiger partial charge < -0.3 is 0 Å². The molecule has 0 radical (unpaired) electrons. The topological polar surface area (TPSA) is 57.7 Å². The minimum absolute atomic E-state index is 0.332. The van der Waals surface area contributed by atoms with Crippen LogP contribution in [0, 0.1) is 0 Å². The van der Waals surface area contributed by atoms with Crippen molar-refractivity contribution in [2.45, 2.75) is 25.4 Å². The van der Waals surface area contributed by atoms with Gasteiger partial charge in [0.25, 0.3) is 0 Å². The first kappa shape index (κ1) is 9.92. The SMILES string of the molecule is c1cc(CN2CCCC2c2nn[nH]n2)cs1. The number of aromatic nitrogens is 4. The molecule has 0 amide bonds. The summed E-state index contributed by atoms with van der Waals surface area (Å²) in [7, 11) is 0. The van der Waals surface area contributed by atoms with Crippen molar-refractivity contribution in [3.05, 3.63) is 28.2 Å². The molecule has 2 aromatic heterocycles. The summed E-state index contributed by atoms with van der Waals surface area (Å²) in [5.41, 5.74) is 1.38. The lowest BCUT2D eigenvalue weighted by Crippen LogP contribution is -2.23. The van der Waals surface area contributed by atoms with Gasteiger partial charge in [0.1, 0.15) is 0 Å². The number of thiophene rings is 1. The van der Waals surface area contributed by atoms with Crippen LogP contribution >= 0.6 is 11.3 Å². The second kappa shape index (κ2) is 4.31. The molecule has 16 heavy (non-hydrogen) atoms. The number of hydrogen-bond acceptors (Lipinski definition) is 5. The van der Waals surface area contributed by atoms with E-state index < -0.39 is 0 Å². The van der Waals surface area contributed by atoms with E-state index in [9.17, 15) is 0 Å². The summed E-state index contributed by atoms with van der Waals surface area (Å²) in [5.74, 6) is 0.827. The summed E-state index contributed by atoms with van der Waals surface area (Å²) in [6.45, 7) is 2.11. The normalized spacial score (nSPS) is 21.6. The van der Waals surface area contributed by atoms with E-state index in [2.05, 4.69) is 42.4 Å². The number of likely N-dealkylation sites (tertiary alicyclic amines) is 1. The molecule has 3 rings (SSSR count). The molecule has 1 N–H and O–H groups in total. The second-order valence-electron chi connectivity index (χ2n) is 4.03. The molecule has 0 aliphatic carbocycles. The molecule has 1 unspecified atom stereocenters. The van der Waals surface area contributed by atoms with Crippen LogP contribution in [0.2, 0.25) is 0 Å². The van der Waals surface area contributed by atoms with Crippen molar-refractivity contribution in [3.8, 4) is 0 Å². The average Bonchev–Trinajstić information content (AvgIpc) is 2.98. The van der Waals surface area contributed by atoms with Crippen molar-refractivity contribution < 1.29 is 0 Å². The molecule has 1 aliphatic heterocycles. The summed E-state index contributed by atoms with van der Waals surface area (Å²) in [4.78, 5) is 2.42. The maximum atomic E-state index is 4.09. The third kappa shape index (κ3) is 1.85. The van der Waals surface area contributed by atoms with Gasteiger partial charge in [-0.3, -0.25) is 4.90 Å². The van der Waals surface area contributed by atoms with Gasteiger partial charge in [-0.2, -0.15) is 16.6 Å². The van der Waals surface area contributed by atoms with Gasteiger partial charge in [-0.25, -0.2) is 0 Å². The number of tetrazole rings is 1. The number of nitrogens with zero attached hydrogens (tertiary/aromatic N) is 4. The quantitative estimate of drug-likeness (QED) is 0.878. The van der Waals surface area contributed by atoms with Gasteiger partial charge in [0.15, 0.2) is 5.82 Å². The highest BCUT2D eigenvalue weighted by atomic mass is 32.1. The van der Waals surface area contributed by atoms with Crippen LogP contribution in [0.1, 0.15) is 30.3 Å². The average molecular weight is 235 g/mol. The van der Waals surface area contributed by atoms with Crippen molar-refractivity contribution in [3.63, 3.8) is 0 Å². The summed E-state index contributed by atoms with van der Waals surface area (Å²) in [5, 5.41) is 18.7. The van der Waals surface area contributed by atoms with E-state index in [1.54, 1.807) is 11.3 Å². The summed E-state index contributed by atoms with van der Waals surface area (Å²) >= 11 is 1.75. The molecule has 1 atom stereocenters. The molecule has 0 spiro atoms. The number of H-pyrrole nitrogens is 1. The fourth-order valence-electron chi connectivity index (χ4n) is 2.24. The fourth-order valence-corrected chi connectivity index (χ4v) is 2.90. The predicted octanol–water partition coefficient (Wildman–Crippen LogP) is 1.60. The lowest BCUT2D eigenvalue weighted by atomic mass is 10.2. The smallest absolute Gasteiger partial charge is 0.191 e. The molecule has 0 aromatic carbocycles. The van der Waals surface area contributed by atoms with E-state index in [0.717, 1.165) is 25.3 Å². The van der Waals surface area contributed by atoms with Crippen molar-refractivity contribution >= 4 is 11.3 Å². The molecule has 0 bridgehead atoms. The molecule has 2 aromatic rings. The zero-order valence-electron chi connectivity index (χ0n) is 8.83. The van der Waals surface area contributed by atoms with Crippen LogP contribution in [0.3, 0.4) is 0 Å². The second-order valence-corrected chi connectivity index (χ2v) is 4.81. The lowest BCUT2D eigenvalue weighted by Gasteiger charge is -2.20. The predicted molar refractivity (Wildman–Crippen MR) is 60.9 cm³/mol. The molecule has 84 valence electrons. The zero-order chi connectivity index (χ0) is 10.8. The molecule has 3 heterocycles. The molecule has 5 nitrogen and oxygen atoms in total. The largest absolute Gasteiger partial charge is 0.289 e.